The zero-order valence-electron chi connectivity index (χ0n) is 14.3. The molecule has 2 N–H and O–H groups in total. The van der Waals surface area contributed by atoms with Gasteiger partial charge in [0.15, 0.2) is 0 Å². The average Bonchev–Trinajstić information content (AvgIpc) is 2.53. The lowest BCUT2D eigenvalue weighted by Gasteiger charge is -2.27. The number of nitrogens with one attached hydrogen (secondary N) is 1. The Morgan fingerprint density at radius 3 is 2.52 bits per heavy atom. The third-order valence-electron chi connectivity index (χ3n) is 3.14. The Balaban J connectivity index is 4.26. The zero-order chi connectivity index (χ0) is 17.5. The van der Waals surface area contributed by atoms with E-state index >= 15 is 0 Å². The van der Waals surface area contributed by atoms with Gasteiger partial charge in [-0.3, -0.25) is 9.59 Å². The van der Waals surface area contributed by atoms with Crippen molar-refractivity contribution in [2.24, 2.45) is 0 Å². The number of Topliss-reactive ketones (excluding diaryl/α,β-unsaturated/α-hetero) is 1. The topological polar surface area (TPSA) is 88.1 Å². The summed E-state index contributed by atoms with van der Waals surface area (Å²) in [5, 5.41) is 11.7. The van der Waals surface area contributed by atoms with Crippen LogP contribution in [0.3, 0.4) is 0 Å². The van der Waals surface area contributed by atoms with E-state index in [0.717, 1.165) is 0 Å². The van der Waals surface area contributed by atoms with Crippen molar-refractivity contribution in [2.45, 2.75) is 32.1 Å². The minimum absolute atomic E-state index is 0.00986. The Morgan fingerprint density at radius 1 is 1.26 bits per heavy atom. The van der Waals surface area contributed by atoms with Crippen LogP contribution in [-0.2, 0) is 19.1 Å². The van der Waals surface area contributed by atoms with Gasteiger partial charge in [-0.05, 0) is 14.0 Å². The fourth-order valence-corrected chi connectivity index (χ4v) is 1.94. The van der Waals surface area contributed by atoms with Crippen LogP contribution in [0.15, 0.2) is 0 Å². The molecular formula is C15H29BN2O5. The summed E-state index contributed by atoms with van der Waals surface area (Å²) in [6, 6.07) is -0.0750. The second-order valence-electron chi connectivity index (χ2n) is 5.26. The van der Waals surface area contributed by atoms with Gasteiger partial charge in [-0.2, -0.15) is 0 Å². The number of amides is 1. The molecule has 8 heteroatoms. The highest BCUT2D eigenvalue weighted by molar-refractivity contribution is 6.08. The van der Waals surface area contributed by atoms with Gasteiger partial charge in [0, 0.05) is 19.0 Å². The molecule has 0 aliphatic carbocycles. The highest BCUT2D eigenvalue weighted by Gasteiger charge is 2.19. The maximum atomic E-state index is 12.1. The first kappa shape index (κ1) is 22.0. The summed E-state index contributed by atoms with van der Waals surface area (Å²) in [6.07, 6.45) is 1.40. The molecular weight excluding hydrogens is 299 g/mol. The van der Waals surface area contributed by atoms with Crippen LogP contribution in [0.5, 0.6) is 0 Å². The highest BCUT2D eigenvalue weighted by atomic mass is 16.5. The normalized spacial score (nSPS) is 12.1. The van der Waals surface area contributed by atoms with E-state index in [1.165, 1.54) is 6.92 Å². The number of aliphatic hydroxyl groups is 1. The molecule has 1 atom stereocenters. The Kier molecular flexibility index (Phi) is 14.0. The van der Waals surface area contributed by atoms with Crippen molar-refractivity contribution in [3.05, 3.63) is 0 Å². The summed E-state index contributed by atoms with van der Waals surface area (Å²) in [5.74, 6) is -0.128. The molecule has 0 aliphatic heterocycles. The van der Waals surface area contributed by atoms with E-state index in [1.807, 2.05) is 0 Å². The van der Waals surface area contributed by atoms with Gasteiger partial charge in [0.1, 0.15) is 5.78 Å². The largest absolute Gasteiger partial charge is 0.394 e. The third-order valence-corrected chi connectivity index (χ3v) is 3.14. The summed E-state index contributed by atoms with van der Waals surface area (Å²) in [7, 11) is 7.21. The van der Waals surface area contributed by atoms with E-state index in [0.29, 0.717) is 52.1 Å². The third kappa shape index (κ3) is 12.2. The number of carbonyl (C=O) groups excluding carboxylic acids is 2. The predicted octanol–water partition coefficient (Wildman–Crippen LogP) is -0.615. The molecule has 7 nitrogen and oxygen atoms in total. The van der Waals surface area contributed by atoms with Gasteiger partial charge >= 0.3 is 0 Å². The molecule has 23 heavy (non-hydrogen) atoms. The van der Waals surface area contributed by atoms with Crippen LogP contribution < -0.4 is 5.32 Å². The molecule has 0 heterocycles. The molecule has 0 saturated carbocycles. The fourth-order valence-electron chi connectivity index (χ4n) is 1.94. The lowest BCUT2D eigenvalue weighted by molar-refractivity contribution is -0.135. The van der Waals surface area contributed by atoms with Crippen molar-refractivity contribution >= 4 is 19.5 Å². The number of aliphatic hydroxyl groups excluding tert-OH is 1. The number of likely N-dealkylation sites (N-methyl/N-ethyl adjacent to an activating group) is 1. The predicted molar refractivity (Wildman–Crippen MR) is 88.6 cm³/mol. The Morgan fingerprint density at radius 2 is 1.96 bits per heavy atom. The summed E-state index contributed by atoms with van der Waals surface area (Å²) >= 11 is 0. The van der Waals surface area contributed by atoms with Crippen LogP contribution in [0.4, 0.5) is 0 Å². The van der Waals surface area contributed by atoms with Crippen molar-refractivity contribution < 1.29 is 24.2 Å². The maximum absolute atomic E-state index is 12.1. The minimum atomic E-state index is -0.0750. The monoisotopic (exact) mass is 328 g/mol. The number of hydrogen-bond acceptors (Lipinski definition) is 6. The Labute approximate surface area is 140 Å². The van der Waals surface area contributed by atoms with Crippen LogP contribution in [-0.4, -0.2) is 88.8 Å². The Hall–Kier alpha value is -0.955. The van der Waals surface area contributed by atoms with Gasteiger partial charge in [-0.1, -0.05) is 12.7 Å². The Bertz CT molecular complexity index is 331. The van der Waals surface area contributed by atoms with E-state index in [2.05, 4.69) is 5.32 Å². The first-order chi connectivity index (χ1) is 11.0. The molecule has 0 unspecified atom stereocenters. The standard InChI is InChI=1S/C15H29BN2O5/c1-13(20)10-18(15(21)4-3-5-16)11-14(17-2)12-23-9-8-22-7-6-19/h14,17,19H,3-12H2,1-2H3/t14-/m1/s1. The smallest absolute Gasteiger partial charge is 0.222 e. The zero-order valence-corrected chi connectivity index (χ0v) is 14.3. The lowest BCUT2D eigenvalue weighted by Crippen LogP contribution is -2.46. The van der Waals surface area contributed by atoms with Gasteiger partial charge in [-0.25, -0.2) is 0 Å². The molecule has 0 aliphatic rings. The van der Waals surface area contributed by atoms with Crippen LogP contribution >= 0.6 is 0 Å². The maximum Gasteiger partial charge on any atom is 0.222 e. The number of ether oxygens (including phenoxy) is 2. The van der Waals surface area contributed by atoms with E-state index in [9.17, 15) is 9.59 Å². The van der Waals surface area contributed by atoms with E-state index in [4.69, 9.17) is 22.4 Å². The van der Waals surface area contributed by atoms with Crippen LogP contribution in [0, 0.1) is 0 Å². The van der Waals surface area contributed by atoms with Crippen LogP contribution in [0.1, 0.15) is 19.8 Å². The fraction of sp³-hybridized carbons (Fsp3) is 0.867. The van der Waals surface area contributed by atoms with Crippen molar-refractivity contribution in [3.8, 4) is 0 Å². The van der Waals surface area contributed by atoms with Crippen molar-refractivity contribution in [3.63, 3.8) is 0 Å². The van der Waals surface area contributed by atoms with E-state index in [-0.39, 0.29) is 30.9 Å². The van der Waals surface area contributed by atoms with Gasteiger partial charge in [0.25, 0.3) is 0 Å². The summed E-state index contributed by atoms with van der Waals surface area (Å²) in [6.45, 7) is 3.46. The molecule has 0 saturated heterocycles. The van der Waals surface area contributed by atoms with Gasteiger partial charge in [0.2, 0.25) is 5.91 Å². The SMILES string of the molecule is [B]CCCC(=O)N(CC(C)=O)C[C@H](COCCOCCO)NC. The molecule has 0 bridgehead atoms. The van der Waals surface area contributed by atoms with Crippen molar-refractivity contribution in [1.82, 2.24) is 10.2 Å². The van der Waals surface area contributed by atoms with Crippen LogP contribution in [0.2, 0.25) is 6.32 Å². The average molecular weight is 328 g/mol. The van der Waals surface area contributed by atoms with Gasteiger partial charge in [0.05, 0.1) is 47.4 Å². The molecule has 0 fully saturated rings. The number of ketones is 1. The van der Waals surface area contributed by atoms with Crippen molar-refractivity contribution in [1.29, 1.82) is 0 Å². The molecule has 0 aromatic carbocycles. The number of rotatable bonds is 15. The van der Waals surface area contributed by atoms with Gasteiger partial charge < -0.3 is 24.8 Å². The first-order valence-corrected chi connectivity index (χ1v) is 7.96. The second-order valence-corrected chi connectivity index (χ2v) is 5.26. The summed E-state index contributed by atoms with van der Waals surface area (Å²) in [4.78, 5) is 25.0. The lowest BCUT2D eigenvalue weighted by atomic mass is 10.00. The number of carbonyl (C=O) groups is 2. The highest BCUT2D eigenvalue weighted by Crippen LogP contribution is 2.03. The van der Waals surface area contributed by atoms with Gasteiger partial charge in [-0.15, -0.1) is 0 Å². The van der Waals surface area contributed by atoms with E-state index in [1.54, 1.807) is 11.9 Å². The molecule has 0 spiro atoms. The van der Waals surface area contributed by atoms with Crippen molar-refractivity contribution in [2.75, 3.05) is 53.2 Å². The molecule has 1 amide bonds. The molecule has 2 radical (unpaired) electrons. The molecule has 132 valence electrons. The first-order valence-electron chi connectivity index (χ1n) is 7.96. The number of hydrogen-bond donors (Lipinski definition) is 2. The molecule has 0 aromatic rings. The number of nitrogens with zero attached hydrogens (tertiary/aromatic N) is 1. The van der Waals surface area contributed by atoms with Crippen LogP contribution in [0.25, 0.3) is 0 Å². The van der Waals surface area contributed by atoms with E-state index < -0.39 is 0 Å². The molecule has 0 rings (SSSR count). The quantitative estimate of drug-likeness (QED) is 0.308. The second kappa shape index (κ2) is 14.6. The summed E-state index contributed by atoms with van der Waals surface area (Å²) < 4.78 is 10.6. The summed E-state index contributed by atoms with van der Waals surface area (Å²) in [5.41, 5.74) is 0. The molecule has 0 aromatic heterocycles. The minimum Gasteiger partial charge on any atom is -0.394 e.